The van der Waals surface area contributed by atoms with Crippen LogP contribution in [0, 0.1) is 0 Å². The lowest BCUT2D eigenvalue weighted by Crippen LogP contribution is -2.14. The van der Waals surface area contributed by atoms with Crippen molar-refractivity contribution in [3.8, 4) is 11.5 Å². The molecule has 0 atom stereocenters. The molecule has 0 spiro atoms. The summed E-state index contributed by atoms with van der Waals surface area (Å²) in [6, 6.07) is 17.5. The van der Waals surface area contributed by atoms with Gasteiger partial charge in [-0.1, -0.05) is 51.1 Å². The largest absolute Gasteiger partial charge is 0.454 e. The minimum Gasteiger partial charge on any atom is -0.454 e. The second kappa shape index (κ2) is 6.67. The molecule has 4 rings (SSSR count). The Kier molecular flexibility index (Phi) is 4.32. The Bertz CT molecular complexity index is 1070. The van der Waals surface area contributed by atoms with E-state index in [-0.39, 0.29) is 11.3 Å². The summed E-state index contributed by atoms with van der Waals surface area (Å²) >= 11 is 1.38. The number of rotatable bonds is 3. The van der Waals surface area contributed by atoms with Crippen LogP contribution >= 0.6 is 11.3 Å². The minimum atomic E-state index is -0.166. The van der Waals surface area contributed by atoms with Crippen LogP contribution < -0.4 is 5.32 Å². The van der Waals surface area contributed by atoms with Gasteiger partial charge in [-0.3, -0.25) is 10.1 Å². The summed E-state index contributed by atoms with van der Waals surface area (Å²) in [5, 5.41) is 6.34. The van der Waals surface area contributed by atoms with Gasteiger partial charge in [-0.25, -0.2) is 4.98 Å². The summed E-state index contributed by atoms with van der Waals surface area (Å²) in [5.74, 6) is 0.531. The van der Waals surface area contributed by atoms with Gasteiger partial charge in [-0.05, 0) is 35.2 Å². The van der Waals surface area contributed by atoms with Crippen molar-refractivity contribution >= 4 is 33.3 Å². The summed E-state index contributed by atoms with van der Waals surface area (Å²) in [6.07, 6.45) is 0. The molecule has 2 aromatic carbocycles. The average molecular weight is 376 g/mol. The number of hydrogen-bond acceptors (Lipinski definition) is 4. The van der Waals surface area contributed by atoms with E-state index in [1.807, 2.05) is 60.0 Å². The molecule has 0 aliphatic carbocycles. The molecule has 0 aliphatic heterocycles. The van der Waals surface area contributed by atoms with Gasteiger partial charge < -0.3 is 4.42 Å². The van der Waals surface area contributed by atoms with Gasteiger partial charge in [0, 0.05) is 16.3 Å². The third-order valence-corrected chi connectivity index (χ3v) is 5.17. The summed E-state index contributed by atoms with van der Waals surface area (Å²) in [6.45, 7) is 6.45. The lowest BCUT2D eigenvalue weighted by Gasteiger charge is -2.18. The van der Waals surface area contributed by atoms with Crippen LogP contribution in [0.1, 0.15) is 36.7 Å². The molecule has 4 aromatic rings. The maximum Gasteiger partial charge on any atom is 0.257 e. The number of anilines is 1. The third kappa shape index (κ3) is 3.64. The first-order valence-corrected chi connectivity index (χ1v) is 9.64. The lowest BCUT2D eigenvalue weighted by atomic mass is 9.87. The van der Waals surface area contributed by atoms with Crippen molar-refractivity contribution in [2.24, 2.45) is 0 Å². The number of thiazole rings is 1. The normalized spacial score (nSPS) is 11.7. The first-order chi connectivity index (χ1) is 12.9. The zero-order chi connectivity index (χ0) is 19.0. The van der Waals surface area contributed by atoms with E-state index in [1.54, 1.807) is 0 Å². The molecule has 5 heteroatoms. The van der Waals surface area contributed by atoms with E-state index in [0.29, 0.717) is 16.5 Å². The van der Waals surface area contributed by atoms with Gasteiger partial charge in [0.2, 0.25) is 0 Å². The quantitative estimate of drug-likeness (QED) is 0.469. The Labute approximate surface area is 161 Å². The highest BCUT2D eigenvalue weighted by atomic mass is 32.1. The molecule has 27 heavy (non-hydrogen) atoms. The number of carbonyl (C=O) groups is 1. The smallest absolute Gasteiger partial charge is 0.257 e. The Morgan fingerprint density at radius 1 is 1.07 bits per heavy atom. The third-order valence-electron chi connectivity index (χ3n) is 4.42. The van der Waals surface area contributed by atoms with Crippen LogP contribution in [0.2, 0.25) is 0 Å². The van der Waals surface area contributed by atoms with Crippen LogP contribution in [-0.2, 0) is 5.41 Å². The Morgan fingerprint density at radius 2 is 1.81 bits per heavy atom. The molecular formula is C22H20N2O2S. The first kappa shape index (κ1) is 17.5. The molecule has 136 valence electrons. The highest BCUT2D eigenvalue weighted by Gasteiger charge is 2.16. The fourth-order valence-electron chi connectivity index (χ4n) is 2.84. The van der Waals surface area contributed by atoms with Crippen molar-refractivity contribution in [2.75, 3.05) is 5.32 Å². The molecule has 2 heterocycles. The highest BCUT2D eigenvalue weighted by molar-refractivity contribution is 7.14. The molecule has 2 aromatic heterocycles. The predicted octanol–water partition coefficient (Wildman–Crippen LogP) is 6.11. The molecule has 0 saturated carbocycles. The molecule has 1 amide bonds. The number of amides is 1. The number of benzene rings is 2. The molecule has 0 saturated heterocycles. The molecule has 0 bridgehead atoms. The molecule has 4 nitrogen and oxygen atoms in total. The zero-order valence-electron chi connectivity index (χ0n) is 15.4. The lowest BCUT2D eigenvalue weighted by molar-refractivity contribution is 0.102. The number of nitrogens with zero attached hydrogens (tertiary/aromatic N) is 1. The average Bonchev–Trinajstić information content (AvgIpc) is 3.27. The second-order valence-electron chi connectivity index (χ2n) is 7.47. The summed E-state index contributed by atoms with van der Waals surface area (Å²) in [7, 11) is 0. The molecule has 0 fully saturated rings. The maximum atomic E-state index is 12.5. The van der Waals surface area contributed by atoms with E-state index in [2.05, 4.69) is 31.1 Å². The van der Waals surface area contributed by atoms with Gasteiger partial charge in [0.1, 0.15) is 11.3 Å². The van der Waals surface area contributed by atoms with Crippen molar-refractivity contribution in [3.63, 3.8) is 0 Å². The number of furan rings is 1. The van der Waals surface area contributed by atoms with Crippen LogP contribution in [0.3, 0.4) is 0 Å². The summed E-state index contributed by atoms with van der Waals surface area (Å²) < 4.78 is 5.83. The zero-order valence-corrected chi connectivity index (χ0v) is 16.3. The van der Waals surface area contributed by atoms with Crippen molar-refractivity contribution in [1.29, 1.82) is 0 Å². The number of carbonyl (C=O) groups excluding carboxylic acids is 1. The van der Waals surface area contributed by atoms with E-state index < -0.39 is 0 Å². The van der Waals surface area contributed by atoms with Gasteiger partial charge >= 0.3 is 0 Å². The molecule has 0 unspecified atom stereocenters. The Morgan fingerprint density at radius 3 is 2.52 bits per heavy atom. The van der Waals surface area contributed by atoms with Crippen LogP contribution in [0.15, 0.2) is 64.4 Å². The fourth-order valence-corrected chi connectivity index (χ4v) is 3.54. The van der Waals surface area contributed by atoms with E-state index in [9.17, 15) is 4.79 Å². The molecular weight excluding hydrogens is 356 g/mol. The summed E-state index contributed by atoms with van der Waals surface area (Å²) in [5.41, 5.74) is 3.41. The van der Waals surface area contributed by atoms with Crippen molar-refractivity contribution < 1.29 is 9.21 Å². The van der Waals surface area contributed by atoms with E-state index >= 15 is 0 Å². The minimum absolute atomic E-state index is 0.0613. The molecule has 0 aliphatic rings. The van der Waals surface area contributed by atoms with Gasteiger partial charge in [0.05, 0.1) is 0 Å². The Hall–Kier alpha value is -2.92. The van der Waals surface area contributed by atoms with Gasteiger partial charge in [-0.2, -0.15) is 0 Å². The van der Waals surface area contributed by atoms with Crippen LogP contribution in [-0.4, -0.2) is 10.9 Å². The number of fused-ring (bicyclic) bond motifs is 1. The molecule has 0 radical (unpaired) electrons. The van der Waals surface area contributed by atoms with Crippen LogP contribution in [0.5, 0.6) is 0 Å². The van der Waals surface area contributed by atoms with Gasteiger partial charge in [0.15, 0.2) is 10.9 Å². The second-order valence-corrected chi connectivity index (χ2v) is 8.33. The van der Waals surface area contributed by atoms with Crippen molar-refractivity contribution in [1.82, 2.24) is 4.98 Å². The number of nitrogens with one attached hydrogen (secondary N) is 1. The highest BCUT2D eigenvalue weighted by Crippen LogP contribution is 2.30. The van der Waals surface area contributed by atoms with Crippen LogP contribution in [0.25, 0.3) is 22.4 Å². The van der Waals surface area contributed by atoms with E-state index in [4.69, 9.17) is 4.42 Å². The monoisotopic (exact) mass is 376 g/mol. The predicted molar refractivity (Wildman–Crippen MR) is 110 cm³/mol. The number of hydrogen-bond donors (Lipinski definition) is 1. The number of para-hydroxylation sites is 1. The number of aromatic nitrogens is 1. The fraction of sp³-hybridized carbons (Fsp3) is 0.182. The van der Waals surface area contributed by atoms with E-state index in [0.717, 1.165) is 16.7 Å². The van der Waals surface area contributed by atoms with E-state index in [1.165, 1.54) is 16.9 Å². The Balaban J connectivity index is 1.51. The van der Waals surface area contributed by atoms with Crippen molar-refractivity contribution in [2.45, 2.75) is 26.2 Å². The standard InChI is InChI=1S/C22H20N2O2S/c1-22(2,3)16-10-8-14(9-11-16)20(25)24-21-23-17(13-27-21)19-12-15-6-4-5-7-18(15)26-19/h4-13H,1-3H3,(H,23,24,25). The van der Waals surface area contributed by atoms with Gasteiger partial charge in [0.25, 0.3) is 5.91 Å². The topological polar surface area (TPSA) is 55.1 Å². The van der Waals surface area contributed by atoms with Crippen LogP contribution in [0.4, 0.5) is 5.13 Å². The maximum absolute atomic E-state index is 12.5. The molecule has 1 N–H and O–H groups in total. The SMILES string of the molecule is CC(C)(C)c1ccc(C(=O)Nc2nc(-c3cc4ccccc4o3)cs2)cc1. The summed E-state index contributed by atoms with van der Waals surface area (Å²) in [4.78, 5) is 17.0. The van der Waals surface area contributed by atoms with Gasteiger partial charge in [-0.15, -0.1) is 11.3 Å². The first-order valence-electron chi connectivity index (χ1n) is 8.76. The van der Waals surface area contributed by atoms with Crippen molar-refractivity contribution in [3.05, 3.63) is 71.1 Å².